The van der Waals surface area contributed by atoms with Crippen molar-refractivity contribution in [2.24, 2.45) is 5.84 Å². The van der Waals surface area contributed by atoms with Gasteiger partial charge in [0.05, 0.1) is 12.8 Å². The molecule has 0 heterocycles. The number of nitrogens with one attached hydrogen (secondary N) is 1. The van der Waals surface area contributed by atoms with E-state index in [1.165, 1.54) is 0 Å². The summed E-state index contributed by atoms with van der Waals surface area (Å²) >= 11 is 0. The molecule has 0 atom stereocenters. The fourth-order valence-electron chi connectivity index (χ4n) is 1.63. The highest BCUT2D eigenvalue weighted by atomic mass is 16.5. The van der Waals surface area contributed by atoms with Gasteiger partial charge in [-0.25, -0.2) is 0 Å². The molecule has 0 saturated carbocycles. The molecule has 0 bridgehead atoms. The molecule has 2 aromatic carbocycles. The van der Waals surface area contributed by atoms with Crippen LogP contribution in [0.4, 0.5) is 5.69 Å². The molecule has 0 spiro atoms. The topological polar surface area (TPSA) is 47.3 Å². The van der Waals surface area contributed by atoms with E-state index in [0.29, 0.717) is 0 Å². The molecule has 0 aliphatic heterocycles. The van der Waals surface area contributed by atoms with Gasteiger partial charge in [0, 0.05) is 0 Å². The molecule has 0 fully saturated rings. The number of benzene rings is 2. The average Bonchev–Trinajstić information content (AvgIpc) is 2.39. The minimum absolute atomic E-state index is 0.738. The zero-order valence-electron chi connectivity index (χ0n) is 9.10. The smallest absolute Gasteiger partial charge is 0.143 e. The number of rotatable bonds is 3. The SMILES string of the molecule is COc1ccc(-c2ccccc2)cc1NN. The number of nitrogen functional groups attached to an aromatic ring is 1. The second-order valence-corrected chi connectivity index (χ2v) is 3.43. The van der Waals surface area contributed by atoms with E-state index < -0.39 is 0 Å². The second kappa shape index (κ2) is 4.68. The van der Waals surface area contributed by atoms with E-state index in [9.17, 15) is 0 Å². The third-order valence-corrected chi connectivity index (χ3v) is 2.46. The third-order valence-electron chi connectivity index (χ3n) is 2.46. The van der Waals surface area contributed by atoms with Crippen molar-refractivity contribution in [3.05, 3.63) is 48.5 Å². The maximum Gasteiger partial charge on any atom is 0.143 e. The minimum atomic E-state index is 0.738. The largest absolute Gasteiger partial charge is 0.495 e. The number of anilines is 1. The Kier molecular flexibility index (Phi) is 3.08. The molecule has 0 saturated heterocycles. The van der Waals surface area contributed by atoms with Gasteiger partial charge in [-0.3, -0.25) is 5.84 Å². The Morgan fingerprint density at radius 2 is 1.75 bits per heavy atom. The van der Waals surface area contributed by atoms with Crippen molar-refractivity contribution in [3.63, 3.8) is 0 Å². The molecule has 3 heteroatoms. The molecule has 0 radical (unpaired) electrons. The summed E-state index contributed by atoms with van der Waals surface area (Å²) in [5.74, 6) is 6.18. The fourth-order valence-corrected chi connectivity index (χ4v) is 1.63. The summed E-state index contributed by atoms with van der Waals surface area (Å²) in [7, 11) is 1.62. The first-order valence-electron chi connectivity index (χ1n) is 5.05. The Bertz CT molecular complexity index is 469. The number of methoxy groups -OCH3 is 1. The van der Waals surface area contributed by atoms with Crippen LogP contribution in [0, 0.1) is 0 Å². The van der Waals surface area contributed by atoms with Crippen LogP contribution >= 0.6 is 0 Å². The van der Waals surface area contributed by atoms with E-state index >= 15 is 0 Å². The van der Waals surface area contributed by atoms with E-state index in [1.807, 2.05) is 36.4 Å². The van der Waals surface area contributed by atoms with E-state index in [0.717, 1.165) is 22.6 Å². The molecule has 0 amide bonds. The zero-order chi connectivity index (χ0) is 11.4. The number of hydrogen-bond acceptors (Lipinski definition) is 3. The van der Waals surface area contributed by atoms with E-state index in [4.69, 9.17) is 10.6 Å². The van der Waals surface area contributed by atoms with E-state index in [-0.39, 0.29) is 0 Å². The van der Waals surface area contributed by atoms with Gasteiger partial charge in [-0.15, -0.1) is 0 Å². The predicted octanol–water partition coefficient (Wildman–Crippen LogP) is 2.65. The van der Waals surface area contributed by atoms with Crippen molar-refractivity contribution < 1.29 is 4.74 Å². The lowest BCUT2D eigenvalue weighted by Crippen LogP contribution is -2.08. The van der Waals surface area contributed by atoms with Crippen molar-refractivity contribution in [2.75, 3.05) is 12.5 Å². The minimum Gasteiger partial charge on any atom is -0.495 e. The maximum atomic E-state index is 5.44. The fraction of sp³-hybridized carbons (Fsp3) is 0.0769. The Balaban J connectivity index is 2.44. The predicted molar refractivity (Wildman–Crippen MR) is 66.2 cm³/mol. The van der Waals surface area contributed by atoms with Crippen LogP contribution in [-0.4, -0.2) is 7.11 Å². The Morgan fingerprint density at radius 3 is 2.38 bits per heavy atom. The summed E-state index contributed by atoms with van der Waals surface area (Å²) < 4.78 is 5.18. The lowest BCUT2D eigenvalue weighted by molar-refractivity contribution is 0.416. The first-order valence-corrected chi connectivity index (χ1v) is 5.05. The number of hydrogen-bond donors (Lipinski definition) is 2. The van der Waals surface area contributed by atoms with Crippen molar-refractivity contribution in [1.82, 2.24) is 0 Å². The third kappa shape index (κ3) is 1.99. The molecular formula is C13H14N2O. The molecule has 0 unspecified atom stereocenters. The summed E-state index contributed by atoms with van der Waals surface area (Å²) in [6.07, 6.45) is 0. The summed E-state index contributed by atoms with van der Waals surface area (Å²) in [6.45, 7) is 0. The first-order chi connectivity index (χ1) is 7.85. The van der Waals surface area contributed by atoms with Gasteiger partial charge in [0.1, 0.15) is 5.75 Å². The molecule has 2 aromatic rings. The maximum absolute atomic E-state index is 5.44. The summed E-state index contributed by atoms with van der Waals surface area (Å²) in [4.78, 5) is 0. The van der Waals surface area contributed by atoms with Crippen molar-refractivity contribution >= 4 is 5.69 Å². The van der Waals surface area contributed by atoms with Gasteiger partial charge in [0.25, 0.3) is 0 Å². The van der Waals surface area contributed by atoms with Gasteiger partial charge in [-0.05, 0) is 23.3 Å². The van der Waals surface area contributed by atoms with Gasteiger partial charge in [-0.1, -0.05) is 36.4 Å². The van der Waals surface area contributed by atoms with Crippen LogP contribution in [-0.2, 0) is 0 Å². The number of hydrazine groups is 1. The standard InChI is InChI=1S/C13H14N2O/c1-16-13-8-7-11(9-12(13)15-14)10-5-3-2-4-6-10/h2-9,15H,14H2,1H3. The molecular weight excluding hydrogens is 200 g/mol. The Labute approximate surface area is 94.8 Å². The molecule has 16 heavy (non-hydrogen) atoms. The number of ether oxygens (including phenoxy) is 1. The second-order valence-electron chi connectivity index (χ2n) is 3.43. The summed E-state index contributed by atoms with van der Waals surface area (Å²) in [6, 6.07) is 16.0. The van der Waals surface area contributed by atoms with Crippen molar-refractivity contribution in [3.8, 4) is 16.9 Å². The van der Waals surface area contributed by atoms with Gasteiger partial charge < -0.3 is 10.2 Å². The molecule has 82 valence electrons. The Morgan fingerprint density at radius 1 is 1.00 bits per heavy atom. The van der Waals surface area contributed by atoms with Gasteiger partial charge >= 0.3 is 0 Å². The lowest BCUT2D eigenvalue weighted by Gasteiger charge is -2.10. The molecule has 3 nitrogen and oxygen atoms in total. The van der Waals surface area contributed by atoms with Crippen LogP contribution in [0.5, 0.6) is 5.75 Å². The molecule has 0 aliphatic rings. The van der Waals surface area contributed by atoms with Crippen molar-refractivity contribution in [2.45, 2.75) is 0 Å². The Hall–Kier alpha value is -2.00. The van der Waals surface area contributed by atoms with Crippen molar-refractivity contribution in [1.29, 1.82) is 0 Å². The lowest BCUT2D eigenvalue weighted by atomic mass is 10.1. The summed E-state index contributed by atoms with van der Waals surface area (Å²) in [5, 5.41) is 0. The van der Waals surface area contributed by atoms with E-state index in [1.54, 1.807) is 7.11 Å². The van der Waals surface area contributed by atoms with Gasteiger partial charge in [0.15, 0.2) is 0 Å². The highest BCUT2D eigenvalue weighted by molar-refractivity contribution is 5.71. The van der Waals surface area contributed by atoms with Gasteiger partial charge in [0.2, 0.25) is 0 Å². The molecule has 3 N–H and O–H groups in total. The average molecular weight is 214 g/mol. The van der Waals surface area contributed by atoms with Crippen LogP contribution in [0.25, 0.3) is 11.1 Å². The van der Waals surface area contributed by atoms with E-state index in [2.05, 4.69) is 17.6 Å². The highest BCUT2D eigenvalue weighted by Crippen LogP contribution is 2.29. The molecule has 0 aromatic heterocycles. The highest BCUT2D eigenvalue weighted by Gasteiger charge is 2.03. The van der Waals surface area contributed by atoms with Gasteiger partial charge in [-0.2, -0.15) is 0 Å². The first kappa shape index (κ1) is 10.5. The zero-order valence-corrected chi connectivity index (χ0v) is 9.10. The normalized spacial score (nSPS) is 9.88. The van der Waals surface area contributed by atoms with Crippen LogP contribution in [0.1, 0.15) is 0 Å². The van der Waals surface area contributed by atoms with Crippen LogP contribution < -0.4 is 16.0 Å². The molecule has 2 rings (SSSR count). The number of nitrogens with two attached hydrogens (primary N) is 1. The van der Waals surface area contributed by atoms with Crippen LogP contribution in [0.3, 0.4) is 0 Å². The molecule has 0 aliphatic carbocycles. The quantitative estimate of drug-likeness (QED) is 0.610. The van der Waals surface area contributed by atoms with Crippen LogP contribution in [0.2, 0.25) is 0 Å². The van der Waals surface area contributed by atoms with Crippen LogP contribution in [0.15, 0.2) is 48.5 Å². The monoisotopic (exact) mass is 214 g/mol. The summed E-state index contributed by atoms with van der Waals surface area (Å²) in [5.41, 5.74) is 5.67.